The average molecular weight is 567 g/mol. The van der Waals surface area contributed by atoms with Crippen LogP contribution in [0.4, 0.5) is 4.39 Å². The summed E-state index contributed by atoms with van der Waals surface area (Å²) in [6.45, 7) is 6.17. The van der Waals surface area contributed by atoms with E-state index < -0.39 is 75.8 Å². The van der Waals surface area contributed by atoms with Gasteiger partial charge in [0.1, 0.15) is 17.5 Å². The van der Waals surface area contributed by atoms with Crippen LogP contribution in [0.1, 0.15) is 41.8 Å². The number of phenols is 1. The summed E-state index contributed by atoms with van der Waals surface area (Å²) in [5, 5.41) is 32.0. The van der Waals surface area contributed by atoms with Crippen molar-refractivity contribution in [2.24, 2.45) is 29.4 Å². The van der Waals surface area contributed by atoms with Gasteiger partial charge in [-0.1, -0.05) is 26.0 Å². The summed E-state index contributed by atoms with van der Waals surface area (Å²) in [5.41, 5.74) is 2.49. The van der Waals surface area contributed by atoms with E-state index in [1.807, 2.05) is 13.8 Å². The van der Waals surface area contributed by atoms with E-state index in [1.165, 1.54) is 4.90 Å². The molecule has 2 saturated carbocycles. The van der Waals surface area contributed by atoms with Gasteiger partial charge >= 0.3 is 0 Å². The number of hydrogen-bond acceptors (Lipinski definition) is 9. The first-order valence-corrected chi connectivity index (χ1v) is 13.9. The molecule has 0 aliphatic heterocycles. The van der Waals surface area contributed by atoms with E-state index in [-0.39, 0.29) is 34.7 Å². The molecule has 2 fully saturated rings. The highest BCUT2D eigenvalue weighted by Crippen LogP contribution is 2.52. The fourth-order valence-electron chi connectivity index (χ4n) is 7.33. The normalized spacial score (nSPS) is 29.6. The molecule has 0 bridgehead atoms. The van der Waals surface area contributed by atoms with Crippen LogP contribution >= 0.6 is 0 Å². The number of carbonyl (C=O) groups is 4. The predicted molar refractivity (Wildman–Crippen MR) is 148 cm³/mol. The Kier molecular flexibility index (Phi) is 7.12. The Hall–Kier alpha value is -3.54. The summed E-state index contributed by atoms with van der Waals surface area (Å²) < 4.78 is 16.0. The number of halogens is 1. The predicted octanol–water partition coefficient (Wildman–Crippen LogP) is 1.45. The summed E-state index contributed by atoms with van der Waals surface area (Å²) >= 11 is 0. The Morgan fingerprint density at radius 1 is 1.17 bits per heavy atom. The van der Waals surface area contributed by atoms with Gasteiger partial charge in [-0.05, 0) is 57.6 Å². The van der Waals surface area contributed by atoms with E-state index in [0.29, 0.717) is 6.54 Å². The fourth-order valence-corrected chi connectivity index (χ4v) is 7.33. The Bertz CT molecular complexity index is 1520. The monoisotopic (exact) mass is 566 g/mol. The van der Waals surface area contributed by atoms with Crippen LogP contribution in [0.5, 0.6) is 5.75 Å². The van der Waals surface area contributed by atoms with Crippen molar-refractivity contribution in [3.05, 3.63) is 40.7 Å². The molecular weight excluding hydrogens is 531 g/mol. The number of primary amides is 1. The number of ketones is 3. The van der Waals surface area contributed by atoms with E-state index in [9.17, 15) is 29.4 Å². The lowest BCUT2D eigenvalue weighted by Gasteiger charge is -2.53. The van der Waals surface area contributed by atoms with Crippen LogP contribution in [0, 0.1) is 34.9 Å². The average Bonchev–Trinajstić information content (AvgIpc) is 2.91. The number of benzene rings is 2. The number of carbonyl (C=O) groups excluding carboxylic acids is 4. The topological polar surface area (TPSA) is 165 Å². The Labute approximate surface area is 236 Å². The molecule has 6 unspecified atom stereocenters. The Morgan fingerprint density at radius 3 is 2.41 bits per heavy atom. The number of aromatic hydroxyl groups is 1. The second-order valence-corrected chi connectivity index (χ2v) is 11.7. The first kappa shape index (κ1) is 29.0. The third-order valence-electron chi connectivity index (χ3n) is 9.40. The molecule has 5 rings (SSSR count). The molecule has 3 aliphatic rings. The van der Waals surface area contributed by atoms with E-state index in [1.54, 1.807) is 32.3 Å². The highest BCUT2D eigenvalue weighted by atomic mass is 19.1. The molecule has 2 aromatic rings. The number of aliphatic hydroxyl groups is 1. The number of nitrogens with two attached hydrogens (primary N) is 1. The number of phenolic OH excluding ortho intramolecular Hbond substituents is 1. The van der Waals surface area contributed by atoms with Crippen LogP contribution in [0.15, 0.2) is 18.2 Å². The molecule has 0 radical (unpaired) electrons. The van der Waals surface area contributed by atoms with E-state index in [0.717, 1.165) is 18.7 Å². The molecule has 5 N–H and O–H groups in total. The number of nitrogens with zero attached hydrogens (tertiary/aromatic N) is 2. The highest BCUT2D eigenvalue weighted by Gasteiger charge is 2.67. The van der Waals surface area contributed by atoms with Crippen molar-refractivity contribution in [1.82, 2.24) is 9.80 Å². The van der Waals surface area contributed by atoms with Gasteiger partial charge in [0, 0.05) is 28.8 Å². The second-order valence-electron chi connectivity index (χ2n) is 11.7. The van der Waals surface area contributed by atoms with Gasteiger partial charge in [-0.25, -0.2) is 4.39 Å². The van der Waals surface area contributed by atoms with Crippen molar-refractivity contribution >= 4 is 39.7 Å². The number of hydrogen-bond donors (Lipinski definition) is 4. The minimum atomic E-state index is -2.60. The number of nitrogens with one attached hydrogen (secondary N) is 1. The molecule has 3 aliphatic carbocycles. The maximum absolute atomic E-state index is 16.0. The van der Waals surface area contributed by atoms with Crippen molar-refractivity contribution in [2.75, 3.05) is 27.2 Å². The largest absolute Gasteiger partial charge is 0.507 e. The van der Waals surface area contributed by atoms with E-state index in [4.69, 9.17) is 11.1 Å². The summed E-state index contributed by atoms with van der Waals surface area (Å²) in [4.78, 5) is 57.0. The van der Waals surface area contributed by atoms with Crippen LogP contribution < -0.4 is 5.73 Å². The van der Waals surface area contributed by atoms with Crippen molar-refractivity contribution in [3.8, 4) is 5.75 Å². The summed E-state index contributed by atoms with van der Waals surface area (Å²) in [5.74, 6) is -10.1. The van der Waals surface area contributed by atoms with Crippen LogP contribution in [-0.2, 0) is 27.3 Å². The van der Waals surface area contributed by atoms with E-state index in [2.05, 4.69) is 4.90 Å². The quantitative estimate of drug-likeness (QED) is 0.382. The first-order valence-electron chi connectivity index (χ1n) is 13.9. The van der Waals surface area contributed by atoms with Crippen molar-refractivity contribution in [1.29, 1.82) is 5.41 Å². The van der Waals surface area contributed by atoms with Gasteiger partial charge in [0.05, 0.1) is 23.2 Å². The van der Waals surface area contributed by atoms with Gasteiger partial charge in [0.25, 0.3) is 0 Å². The third kappa shape index (κ3) is 4.04. The van der Waals surface area contributed by atoms with Crippen molar-refractivity contribution in [2.45, 2.75) is 44.9 Å². The van der Waals surface area contributed by atoms with Gasteiger partial charge in [-0.3, -0.25) is 29.0 Å². The molecule has 6 atom stereocenters. The molecule has 0 aromatic heterocycles. The molecule has 218 valence electrons. The number of rotatable bonds is 6. The molecule has 11 heteroatoms. The van der Waals surface area contributed by atoms with Gasteiger partial charge in [-0.2, -0.15) is 0 Å². The Morgan fingerprint density at radius 2 is 1.83 bits per heavy atom. The van der Waals surface area contributed by atoms with Gasteiger partial charge < -0.3 is 21.4 Å². The van der Waals surface area contributed by atoms with Crippen molar-refractivity contribution in [3.63, 3.8) is 0 Å². The van der Waals surface area contributed by atoms with Crippen molar-refractivity contribution < 1.29 is 33.8 Å². The number of likely N-dealkylation sites (N-methyl/N-ethyl adjacent to an activating group) is 1. The molecule has 41 heavy (non-hydrogen) atoms. The highest BCUT2D eigenvalue weighted by molar-refractivity contribution is 6.33. The smallest absolute Gasteiger partial charge is 0.233 e. The molecule has 0 heterocycles. The lowest BCUT2D eigenvalue weighted by molar-refractivity contribution is -0.157. The zero-order valence-corrected chi connectivity index (χ0v) is 23.5. The lowest BCUT2D eigenvalue weighted by atomic mass is 9.52. The summed E-state index contributed by atoms with van der Waals surface area (Å²) in [6, 6.07) is 3.87. The van der Waals surface area contributed by atoms with Crippen LogP contribution in [0.2, 0.25) is 0 Å². The first-order chi connectivity index (χ1) is 19.3. The number of Topliss-reactive ketones (excluding diaryl/α,β-unsaturated/α-hetero) is 3. The van der Waals surface area contributed by atoms with E-state index >= 15 is 4.39 Å². The lowest BCUT2D eigenvalue weighted by Crippen LogP contribution is -2.73. The van der Waals surface area contributed by atoms with Gasteiger partial charge in [0.2, 0.25) is 5.91 Å². The zero-order valence-electron chi connectivity index (χ0n) is 23.5. The second kappa shape index (κ2) is 10.1. The minimum absolute atomic E-state index is 0.00962. The Balaban J connectivity index is 1.64. The maximum atomic E-state index is 16.0. The van der Waals surface area contributed by atoms with Crippen LogP contribution in [-0.4, -0.2) is 87.8 Å². The molecule has 10 nitrogen and oxygen atoms in total. The SMILES string of the molecule is CCN(CC)Cc1ccc2c(F)c3c(c(O)c2c1)C(=O)C1C(=O)C2(O)C(=N)C(C(N)=O)C(=O)C(N(C)C)C2CC1C3. The van der Waals surface area contributed by atoms with Gasteiger partial charge in [-0.15, -0.1) is 0 Å². The summed E-state index contributed by atoms with van der Waals surface area (Å²) in [6.07, 6.45) is -0.136. The fraction of sp³-hybridized carbons (Fsp3) is 0.500. The molecule has 1 amide bonds. The molecular formula is C30H35FN4O6. The molecule has 2 aromatic carbocycles. The minimum Gasteiger partial charge on any atom is -0.507 e. The zero-order chi connectivity index (χ0) is 30.1. The third-order valence-corrected chi connectivity index (χ3v) is 9.40. The summed E-state index contributed by atoms with van der Waals surface area (Å²) in [7, 11) is 3.10. The van der Waals surface area contributed by atoms with Gasteiger partial charge in [0.15, 0.2) is 23.0 Å². The maximum Gasteiger partial charge on any atom is 0.233 e. The molecule has 0 saturated heterocycles. The number of fused-ring (bicyclic) bond motifs is 4. The van der Waals surface area contributed by atoms with Crippen LogP contribution in [0.3, 0.4) is 0 Å². The number of amides is 1. The standard InChI is InChI=1S/C30H35FN4O6/c1-5-35(6-2)12-13-7-8-15-16(9-13)24(36)20-17(22(15)31)10-14-11-18-23(34(3)4)26(38)21(29(33)40)27(32)30(18,41)28(39)19(14)25(20)37/h7-9,14,18-19,21,23,32,36,41H,5-6,10-12H2,1-4H3,(H2,33,40). The molecule has 0 spiro atoms. The van der Waals surface area contributed by atoms with Crippen LogP contribution in [0.25, 0.3) is 10.8 Å².